The lowest BCUT2D eigenvalue weighted by Gasteiger charge is -2.07. The van der Waals surface area contributed by atoms with Gasteiger partial charge in [-0.15, -0.1) is 0 Å². The van der Waals surface area contributed by atoms with E-state index in [-0.39, 0.29) is 23.9 Å². The van der Waals surface area contributed by atoms with Gasteiger partial charge in [-0.3, -0.25) is 4.79 Å². The van der Waals surface area contributed by atoms with Gasteiger partial charge in [-0.25, -0.2) is 18.2 Å². The molecule has 0 bridgehead atoms. The van der Waals surface area contributed by atoms with Crippen LogP contribution in [-0.4, -0.2) is 37.1 Å². The third-order valence-electron chi connectivity index (χ3n) is 1.83. The van der Waals surface area contributed by atoms with E-state index in [0.29, 0.717) is 0 Å². The molecule has 0 saturated carbocycles. The molecule has 1 aromatic rings. The number of ether oxygens (including phenoxy) is 1. The summed E-state index contributed by atoms with van der Waals surface area (Å²) in [5.41, 5.74) is -0.120. The van der Waals surface area contributed by atoms with E-state index in [1.807, 2.05) is 0 Å². The van der Waals surface area contributed by atoms with Gasteiger partial charge in [-0.1, -0.05) is 11.6 Å². The largest absolute Gasteiger partial charge is 0.374 e. The molecular weight excluding hydrogens is 273 g/mol. The molecule has 4 nitrogen and oxygen atoms in total. The zero-order valence-electron chi connectivity index (χ0n) is 9.13. The fourth-order valence-corrected chi connectivity index (χ4v) is 1.28. The number of carbonyl (C=O) groups excluding carboxylic acids is 1. The molecular formula is C10H10ClF3N2O2. The van der Waals surface area contributed by atoms with Gasteiger partial charge in [0.1, 0.15) is 17.6 Å². The Kier molecular flexibility index (Phi) is 5.87. The van der Waals surface area contributed by atoms with Gasteiger partial charge in [0.05, 0.1) is 18.4 Å². The van der Waals surface area contributed by atoms with E-state index in [1.165, 1.54) is 0 Å². The lowest BCUT2D eigenvalue weighted by atomic mass is 10.2. The average molecular weight is 283 g/mol. The summed E-state index contributed by atoms with van der Waals surface area (Å²) in [5.74, 6) is -1.34. The Labute approximate surface area is 106 Å². The predicted molar refractivity (Wildman–Crippen MR) is 58.4 cm³/mol. The number of hydrogen-bond acceptors (Lipinski definition) is 3. The Morgan fingerprint density at radius 3 is 2.94 bits per heavy atom. The molecule has 0 spiro atoms. The highest BCUT2D eigenvalue weighted by Gasteiger charge is 2.12. The van der Waals surface area contributed by atoms with Crippen molar-refractivity contribution in [3.8, 4) is 0 Å². The number of alkyl halides is 2. The second-order valence-electron chi connectivity index (χ2n) is 3.21. The van der Waals surface area contributed by atoms with E-state index in [1.54, 1.807) is 0 Å². The number of pyridine rings is 1. The summed E-state index contributed by atoms with van der Waals surface area (Å²) in [6.45, 7) is -0.757. The van der Waals surface area contributed by atoms with Gasteiger partial charge in [0, 0.05) is 6.54 Å². The van der Waals surface area contributed by atoms with E-state index in [2.05, 4.69) is 15.0 Å². The average Bonchev–Trinajstić information content (AvgIpc) is 2.31. The van der Waals surface area contributed by atoms with Crippen LogP contribution in [0.2, 0.25) is 5.15 Å². The number of halogens is 4. The number of aromatic nitrogens is 1. The van der Waals surface area contributed by atoms with Crippen LogP contribution < -0.4 is 5.32 Å². The lowest BCUT2D eigenvalue weighted by Crippen LogP contribution is -2.28. The van der Waals surface area contributed by atoms with E-state index in [0.717, 1.165) is 12.3 Å². The molecule has 1 amide bonds. The highest BCUT2D eigenvalue weighted by Crippen LogP contribution is 2.13. The van der Waals surface area contributed by atoms with Crippen LogP contribution in [0.4, 0.5) is 13.2 Å². The van der Waals surface area contributed by atoms with Gasteiger partial charge >= 0.3 is 0 Å². The highest BCUT2D eigenvalue weighted by atomic mass is 35.5. The van der Waals surface area contributed by atoms with Crippen molar-refractivity contribution in [2.45, 2.75) is 6.43 Å². The molecule has 1 aromatic heterocycles. The first-order chi connectivity index (χ1) is 8.50. The van der Waals surface area contributed by atoms with Crippen molar-refractivity contribution < 1.29 is 22.7 Å². The fourth-order valence-electron chi connectivity index (χ4n) is 1.09. The topological polar surface area (TPSA) is 51.2 Å². The number of rotatable bonds is 6. The van der Waals surface area contributed by atoms with Crippen molar-refractivity contribution in [2.24, 2.45) is 0 Å². The van der Waals surface area contributed by atoms with E-state index in [4.69, 9.17) is 11.6 Å². The maximum atomic E-state index is 12.8. The summed E-state index contributed by atoms with van der Waals surface area (Å²) in [6.07, 6.45) is -1.67. The Balaban J connectivity index is 2.39. The molecule has 18 heavy (non-hydrogen) atoms. The third-order valence-corrected chi connectivity index (χ3v) is 2.13. The van der Waals surface area contributed by atoms with E-state index < -0.39 is 24.8 Å². The van der Waals surface area contributed by atoms with Crippen molar-refractivity contribution in [1.82, 2.24) is 10.3 Å². The lowest BCUT2D eigenvalue weighted by molar-refractivity contribution is 0.0188. The molecule has 1 N–H and O–H groups in total. The summed E-state index contributed by atoms with van der Waals surface area (Å²) < 4.78 is 40.8. The van der Waals surface area contributed by atoms with Crippen LogP contribution in [0.15, 0.2) is 12.3 Å². The van der Waals surface area contributed by atoms with Crippen molar-refractivity contribution in [3.63, 3.8) is 0 Å². The zero-order valence-corrected chi connectivity index (χ0v) is 9.88. The quantitative estimate of drug-likeness (QED) is 0.640. The summed E-state index contributed by atoms with van der Waals surface area (Å²) in [6, 6.07) is 0.935. The predicted octanol–water partition coefficient (Wildman–Crippen LogP) is 1.89. The Hall–Kier alpha value is -1.34. The number of hydrogen-bond donors (Lipinski definition) is 1. The first kappa shape index (κ1) is 14.7. The molecule has 0 saturated heterocycles. The molecule has 0 aliphatic heterocycles. The van der Waals surface area contributed by atoms with Gasteiger partial charge in [0.15, 0.2) is 0 Å². The van der Waals surface area contributed by atoms with Gasteiger partial charge < -0.3 is 10.1 Å². The molecule has 0 unspecified atom stereocenters. The molecule has 1 heterocycles. The molecule has 0 radical (unpaired) electrons. The molecule has 100 valence electrons. The fraction of sp³-hybridized carbons (Fsp3) is 0.400. The van der Waals surface area contributed by atoms with Gasteiger partial charge in [-0.05, 0) is 6.07 Å². The summed E-state index contributed by atoms with van der Waals surface area (Å²) in [7, 11) is 0. The minimum absolute atomic E-state index is 0.0123. The van der Waals surface area contributed by atoms with E-state index in [9.17, 15) is 18.0 Å². The molecule has 0 aliphatic rings. The number of nitrogens with zero attached hydrogens (tertiary/aromatic N) is 1. The number of amides is 1. The summed E-state index contributed by atoms with van der Waals surface area (Å²) >= 11 is 5.60. The summed E-state index contributed by atoms with van der Waals surface area (Å²) in [5, 5.41) is 2.20. The Morgan fingerprint density at radius 1 is 1.56 bits per heavy atom. The Bertz CT molecular complexity index is 418. The van der Waals surface area contributed by atoms with Crippen LogP contribution in [0.25, 0.3) is 0 Å². The smallest absolute Gasteiger partial charge is 0.261 e. The van der Waals surface area contributed by atoms with Crippen LogP contribution in [0.3, 0.4) is 0 Å². The van der Waals surface area contributed by atoms with Crippen LogP contribution in [-0.2, 0) is 4.74 Å². The van der Waals surface area contributed by atoms with Gasteiger partial charge in [0.2, 0.25) is 0 Å². The van der Waals surface area contributed by atoms with Crippen LogP contribution in [0.1, 0.15) is 10.4 Å². The minimum atomic E-state index is -2.55. The van der Waals surface area contributed by atoms with Crippen molar-refractivity contribution in [2.75, 3.05) is 19.8 Å². The van der Waals surface area contributed by atoms with Gasteiger partial charge in [-0.2, -0.15) is 0 Å². The molecule has 0 fully saturated rings. The summed E-state index contributed by atoms with van der Waals surface area (Å²) in [4.78, 5) is 15.0. The Morgan fingerprint density at radius 2 is 2.28 bits per heavy atom. The zero-order chi connectivity index (χ0) is 13.5. The molecule has 1 rings (SSSR count). The van der Waals surface area contributed by atoms with E-state index >= 15 is 0 Å². The maximum Gasteiger partial charge on any atom is 0.261 e. The van der Waals surface area contributed by atoms with Crippen molar-refractivity contribution in [1.29, 1.82) is 0 Å². The number of nitrogens with one attached hydrogen (secondary N) is 1. The third kappa shape index (κ3) is 4.89. The van der Waals surface area contributed by atoms with Crippen LogP contribution in [0, 0.1) is 5.82 Å². The van der Waals surface area contributed by atoms with Crippen LogP contribution >= 0.6 is 11.6 Å². The second kappa shape index (κ2) is 7.17. The van der Waals surface area contributed by atoms with Gasteiger partial charge in [0.25, 0.3) is 12.3 Å². The first-order valence-electron chi connectivity index (χ1n) is 4.96. The minimum Gasteiger partial charge on any atom is -0.374 e. The molecule has 0 atom stereocenters. The monoisotopic (exact) mass is 282 g/mol. The maximum absolute atomic E-state index is 12.8. The van der Waals surface area contributed by atoms with Crippen molar-refractivity contribution >= 4 is 17.5 Å². The highest BCUT2D eigenvalue weighted by molar-refractivity contribution is 6.32. The normalized spacial score (nSPS) is 10.7. The van der Waals surface area contributed by atoms with Crippen molar-refractivity contribution in [3.05, 3.63) is 28.8 Å². The second-order valence-corrected chi connectivity index (χ2v) is 3.57. The van der Waals surface area contributed by atoms with Crippen LogP contribution in [0.5, 0.6) is 0 Å². The molecule has 0 aromatic carbocycles. The SMILES string of the molecule is O=C(NCCOCC(F)F)c1cc(F)cnc1Cl. The standard InChI is InChI=1S/C10H10ClF3N2O2/c11-9-7(3-6(12)4-16-9)10(17)15-1-2-18-5-8(13)14/h3-4,8H,1-2,5H2,(H,15,17). The first-order valence-corrected chi connectivity index (χ1v) is 5.33. The molecule has 0 aliphatic carbocycles. The number of carbonyl (C=O) groups is 1. The molecule has 8 heteroatoms.